The lowest BCUT2D eigenvalue weighted by Crippen LogP contribution is -2.32. The zero-order chi connectivity index (χ0) is 13.3. The van der Waals surface area contributed by atoms with E-state index < -0.39 is 24.1 Å². The molecule has 0 aliphatic carbocycles. The molecule has 1 fully saturated rings. The molecular weight excluding hydrogens is 310 g/mol. The number of aromatic nitrogens is 2. The molecule has 0 saturated carbocycles. The van der Waals surface area contributed by atoms with Crippen LogP contribution in [0.3, 0.4) is 0 Å². The number of anilines is 1. The first kappa shape index (κ1) is 13.4. The van der Waals surface area contributed by atoms with Gasteiger partial charge in [0.15, 0.2) is 12.0 Å². The van der Waals surface area contributed by atoms with Gasteiger partial charge in [-0.05, 0) is 15.9 Å². The van der Waals surface area contributed by atoms with Crippen molar-refractivity contribution < 1.29 is 20.2 Å². The largest absolute Gasteiger partial charge is 0.394 e. The quantitative estimate of drug-likeness (QED) is 0.552. The Balaban J connectivity index is 2.34. The van der Waals surface area contributed by atoms with Crippen LogP contribution in [0, 0.1) is 0 Å². The van der Waals surface area contributed by atoms with Crippen molar-refractivity contribution in [1.29, 1.82) is 0 Å². The minimum atomic E-state index is -0.901. The van der Waals surface area contributed by atoms with Crippen LogP contribution in [0.1, 0.15) is 12.6 Å². The van der Waals surface area contributed by atoms with E-state index in [0.29, 0.717) is 4.47 Å². The van der Waals surface area contributed by atoms with Gasteiger partial charge in [-0.1, -0.05) is 0 Å². The Labute approximate surface area is 110 Å². The third-order valence-corrected chi connectivity index (χ3v) is 3.24. The zero-order valence-electron chi connectivity index (χ0n) is 9.15. The maximum Gasteiger partial charge on any atom is 0.351 e. The van der Waals surface area contributed by atoms with E-state index in [4.69, 9.17) is 15.1 Å². The lowest BCUT2D eigenvalue weighted by molar-refractivity contribution is -0.0530. The van der Waals surface area contributed by atoms with Crippen molar-refractivity contribution in [1.82, 2.24) is 9.55 Å². The van der Waals surface area contributed by atoms with Crippen LogP contribution in [0.15, 0.2) is 15.5 Å². The smallest absolute Gasteiger partial charge is 0.351 e. The van der Waals surface area contributed by atoms with Crippen molar-refractivity contribution in [2.75, 3.05) is 12.1 Å². The number of halogens is 1. The molecular formula is C9H12BrN3O5. The number of rotatable bonds is 3. The van der Waals surface area contributed by atoms with Gasteiger partial charge in [-0.3, -0.25) is 15.3 Å². The van der Waals surface area contributed by atoms with E-state index in [-0.39, 0.29) is 18.8 Å². The van der Waals surface area contributed by atoms with Gasteiger partial charge >= 0.3 is 5.69 Å². The average Bonchev–Trinajstić information content (AvgIpc) is 2.73. The van der Waals surface area contributed by atoms with Crippen molar-refractivity contribution in [3.8, 4) is 0 Å². The molecule has 18 heavy (non-hydrogen) atoms. The summed E-state index contributed by atoms with van der Waals surface area (Å²) < 4.78 is 6.78. The average molecular weight is 322 g/mol. The van der Waals surface area contributed by atoms with Crippen LogP contribution in [0.2, 0.25) is 0 Å². The van der Waals surface area contributed by atoms with E-state index in [1.54, 1.807) is 5.48 Å². The second-order valence-corrected chi connectivity index (χ2v) is 4.73. The summed E-state index contributed by atoms with van der Waals surface area (Å²) in [5, 5.41) is 27.5. The predicted molar refractivity (Wildman–Crippen MR) is 63.2 cm³/mol. The first-order valence-electron chi connectivity index (χ1n) is 5.20. The fourth-order valence-corrected chi connectivity index (χ4v) is 2.20. The zero-order valence-corrected chi connectivity index (χ0v) is 10.7. The molecule has 4 N–H and O–H groups in total. The van der Waals surface area contributed by atoms with Gasteiger partial charge in [0.2, 0.25) is 0 Å². The molecule has 1 aliphatic rings. The van der Waals surface area contributed by atoms with Crippen molar-refractivity contribution in [2.45, 2.75) is 24.9 Å². The third kappa shape index (κ3) is 2.40. The first-order chi connectivity index (χ1) is 8.56. The standard InChI is InChI=1S/C9H12BrN3O5/c10-5-2-13(9(16)11-7(5)12-17)8-6(15)1-4(3-14)18-8/h2,4,6,8,14-15,17H,1,3H2,(H,11,12,16)/t4-,6+,8+/m0/s1. The SMILES string of the molecule is O=c1nc(NO)c(Br)cn1[C@@H]1O[C@H](CO)C[C@H]1O. The number of nitrogens with one attached hydrogen (secondary N) is 1. The van der Waals surface area contributed by atoms with E-state index in [9.17, 15) is 9.90 Å². The molecule has 3 atom stereocenters. The Bertz CT molecular complexity index is 494. The molecule has 1 saturated heterocycles. The number of hydrogen-bond donors (Lipinski definition) is 4. The first-order valence-corrected chi connectivity index (χ1v) is 5.99. The molecule has 0 spiro atoms. The summed E-state index contributed by atoms with van der Waals surface area (Å²) in [6.07, 6.45) is -0.716. The van der Waals surface area contributed by atoms with E-state index in [1.165, 1.54) is 6.20 Å². The van der Waals surface area contributed by atoms with Crippen molar-refractivity contribution in [3.63, 3.8) is 0 Å². The van der Waals surface area contributed by atoms with E-state index in [0.717, 1.165) is 4.57 Å². The second kappa shape index (κ2) is 5.33. The number of aliphatic hydroxyl groups excluding tert-OH is 2. The molecule has 1 aliphatic heterocycles. The summed E-state index contributed by atoms with van der Waals surface area (Å²) in [4.78, 5) is 15.3. The van der Waals surface area contributed by atoms with Crippen LogP contribution in [0.5, 0.6) is 0 Å². The Hall–Kier alpha value is -1.00. The predicted octanol–water partition coefficient (Wildman–Crippen LogP) is -0.552. The van der Waals surface area contributed by atoms with Crippen LogP contribution in [-0.2, 0) is 4.74 Å². The molecule has 9 heteroatoms. The summed E-state index contributed by atoms with van der Waals surface area (Å²) in [5.74, 6) is -0.0255. The number of aliphatic hydroxyl groups is 2. The van der Waals surface area contributed by atoms with Crippen molar-refractivity contribution in [3.05, 3.63) is 21.2 Å². The lowest BCUT2D eigenvalue weighted by atomic mass is 10.2. The van der Waals surface area contributed by atoms with Crippen molar-refractivity contribution >= 4 is 21.7 Å². The molecule has 1 aromatic heterocycles. The molecule has 2 rings (SSSR count). The van der Waals surface area contributed by atoms with Gasteiger partial charge in [-0.15, -0.1) is 0 Å². The lowest BCUT2D eigenvalue weighted by Gasteiger charge is -2.17. The molecule has 1 aromatic rings. The monoisotopic (exact) mass is 321 g/mol. The molecule has 0 radical (unpaired) electrons. The molecule has 0 amide bonds. The highest BCUT2D eigenvalue weighted by atomic mass is 79.9. The van der Waals surface area contributed by atoms with Gasteiger partial charge in [-0.2, -0.15) is 4.98 Å². The molecule has 0 unspecified atom stereocenters. The molecule has 0 aromatic carbocycles. The van der Waals surface area contributed by atoms with Crippen LogP contribution < -0.4 is 11.2 Å². The molecule has 0 bridgehead atoms. The Morgan fingerprint density at radius 3 is 2.94 bits per heavy atom. The Morgan fingerprint density at radius 2 is 2.39 bits per heavy atom. The fourth-order valence-electron chi connectivity index (χ4n) is 1.80. The normalized spacial score (nSPS) is 27.4. The highest BCUT2D eigenvalue weighted by Gasteiger charge is 2.35. The van der Waals surface area contributed by atoms with Crippen LogP contribution in [0.25, 0.3) is 0 Å². The van der Waals surface area contributed by atoms with Crippen LogP contribution in [0.4, 0.5) is 5.82 Å². The number of hydrogen-bond acceptors (Lipinski definition) is 7. The summed E-state index contributed by atoms with van der Waals surface area (Å²) >= 11 is 3.11. The number of ether oxygens (including phenoxy) is 1. The Morgan fingerprint density at radius 1 is 1.67 bits per heavy atom. The topological polar surface area (TPSA) is 117 Å². The fraction of sp³-hybridized carbons (Fsp3) is 0.556. The van der Waals surface area contributed by atoms with Gasteiger partial charge in [-0.25, -0.2) is 4.79 Å². The van der Waals surface area contributed by atoms with E-state index in [2.05, 4.69) is 20.9 Å². The van der Waals surface area contributed by atoms with Gasteiger partial charge < -0.3 is 14.9 Å². The highest BCUT2D eigenvalue weighted by Crippen LogP contribution is 2.28. The maximum absolute atomic E-state index is 11.7. The highest BCUT2D eigenvalue weighted by molar-refractivity contribution is 9.10. The van der Waals surface area contributed by atoms with Crippen LogP contribution in [-0.4, -0.2) is 43.8 Å². The van der Waals surface area contributed by atoms with Gasteiger partial charge in [0, 0.05) is 12.6 Å². The van der Waals surface area contributed by atoms with E-state index in [1.807, 2.05) is 0 Å². The third-order valence-electron chi connectivity index (χ3n) is 2.66. The minimum absolute atomic E-state index is 0.0255. The summed E-state index contributed by atoms with van der Waals surface area (Å²) in [7, 11) is 0. The van der Waals surface area contributed by atoms with E-state index >= 15 is 0 Å². The summed E-state index contributed by atoms with van der Waals surface area (Å²) in [6.45, 7) is -0.229. The molecule has 8 nitrogen and oxygen atoms in total. The van der Waals surface area contributed by atoms with Crippen molar-refractivity contribution in [2.24, 2.45) is 0 Å². The van der Waals surface area contributed by atoms with Gasteiger partial charge in [0.1, 0.15) is 6.10 Å². The molecule has 100 valence electrons. The minimum Gasteiger partial charge on any atom is -0.394 e. The second-order valence-electron chi connectivity index (χ2n) is 3.87. The Kier molecular flexibility index (Phi) is 3.97. The van der Waals surface area contributed by atoms with Gasteiger partial charge in [0.05, 0.1) is 17.2 Å². The summed E-state index contributed by atoms with van der Waals surface area (Å²) in [5.41, 5.74) is 1.09. The van der Waals surface area contributed by atoms with Gasteiger partial charge in [0.25, 0.3) is 0 Å². The molecule has 2 heterocycles. The number of nitrogens with zero attached hydrogens (tertiary/aromatic N) is 2. The maximum atomic E-state index is 11.7. The van der Waals surface area contributed by atoms with Crippen LogP contribution >= 0.6 is 15.9 Å². The summed E-state index contributed by atoms with van der Waals surface area (Å²) in [6, 6.07) is 0.